The second kappa shape index (κ2) is 5.60. The number of aromatic hydroxyl groups is 1. The second-order valence-electron chi connectivity index (χ2n) is 4.36. The molecule has 1 heterocycles. The number of phenolic OH excluding ortho intramolecular Hbond substituents is 1. The molecule has 2 N–H and O–H groups in total. The summed E-state index contributed by atoms with van der Waals surface area (Å²) in [6.07, 6.45) is 2.56. The molecule has 1 fully saturated rings. The number of nitrogens with one attached hydrogen (secondary N) is 1. The third kappa shape index (κ3) is 2.92. The molecule has 1 aliphatic heterocycles. The van der Waals surface area contributed by atoms with E-state index in [2.05, 4.69) is 12.2 Å². The quantitative estimate of drug-likeness (QED) is 0.848. The Hall–Kier alpha value is -0.670. The van der Waals surface area contributed by atoms with Crippen LogP contribution in [0.1, 0.15) is 31.4 Å². The number of thioether (sulfide) groups is 1. The van der Waals surface area contributed by atoms with Gasteiger partial charge in [0, 0.05) is 23.4 Å². The largest absolute Gasteiger partial charge is 0.508 e. The summed E-state index contributed by atoms with van der Waals surface area (Å²) in [5, 5.41) is 13.4. The summed E-state index contributed by atoms with van der Waals surface area (Å²) in [7, 11) is 0. The minimum absolute atomic E-state index is 0.227. The normalized spacial score (nSPS) is 22.9. The molecule has 0 bridgehead atoms. The molecule has 2 unspecified atom stereocenters. The van der Waals surface area contributed by atoms with E-state index in [1.165, 1.54) is 24.3 Å². The lowest BCUT2D eigenvalue weighted by atomic mass is 10.1. The fraction of sp³-hybridized carbons (Fsp3) is 0.538. The zero-order valence-corrected chi connectivity index (χ0v) is 10.5. The zero-order valence-electron chi connectivity index (χ0n) is 9.65. The second-order valence-corrected chi connectivity index (χ2v) is 5.51. The Morgan fingerprint density at radius 3 is 2.94 bits per heavy atom. The zero-order chi connectivity index (χ0) is 11.4. The summed E-state index contributed by atoms with van der Waals surface area (Å²) in [5.41, 5.74) is 0.998. The van der Waals surface area contributed by atoms with Crippen LogP contribution in [0.15, 0.2) is 24.3 Å². The van der Waals surface area contributed by atoms with Gasteiger partial charge < -0.3 is 10.4 Å². The Kier molecular flexibility index (Phi) is 4.13. The Morgan fingerprint density at radius 2 is 2.25 bits per heavy atom. The maximum absolute atomic E-state index is 9.77. The van der Waals surface area contributed by atoms with Gasteiger partial charge in [0.05, 0.1) is 0 Å². The van der Waals surface area contributed by atoms with Crippen LogP contribution < -0.4 is 5.32 Å². The minimum Gasteiger partial charge on any atom is -0.508 e. The molecule has 0 saturated carbocycles. The SMILES string of the molecule is CC(NC1CCCSC1)c1ccccc1O. The van der Waals surface area contributed by atoms with Crippen molar-refractivity contribution in [2.24, 2.45) is 0 Å². The van der Waals surface area contributed by atoms with Crippen molar-refractivity contribution in [2.75, 3.05) is 11.5 Å². The van der Waals surface area contributed by atoms with Gasteiger partial charge >= 0.3 is 0 Å². The van der Waals surface area contributed by atoms with Gasteiger partial charge in [-0.05, 0) is 31.6 Å². The summed E-state index contributed by atoms with van der Waals surface area (Å²) < 4.78 is 0. The summed E-state index contributed by atoms with van der Waals surface area (Å²) in [4.78, 5) is 0. The molecule has 1 aliphatic rings. The van der Waals surface area contributed by atoms with Crippen molar-refractivity contribution < 1.29 is 5.11 Å². The Morgan fingerprint density at radius 1 is 1.44 bits per heavy atom. The van der Waals surface area contributed by atoms with Crippen molar-refractivity contribution in [3.05, 3.63) is 29.8 Å². The van der Waals surface area contributed by atoms with Gasteiger partial charge in [-0.1, -0.05) is 18.2 Å². The fourth-order valence-electron chi connectivity index (χ4n) is 2.17. The molecule has 1 saturated heterocycles. The van der Waals surface area contributed by atoms with Gasteiger partial charge in [0.15, 0.2) is 0 Å². The summed E-state index contributed by atoms with van der Waals surface area (Å²) in [5.74, 6) is 2.88. The first-order valence-electron chi connectivity index (χ1n) is 5.89. The van der Waals surface area contributed by atoms with E-state index in [0.717, 1.165) is 5.56 Å². The molecule has 1 aromatic rings. The van der Waals surface area contributed by atoms with Gasteiger partial charge in [0.1, 0.15) is 5.75 Å². The molecule has 3 heteroatoms. The van der Waals surface area contributed by atoms with Gasteiger partial charge in [0.25, 0.3) is 0 Å². The summed E-state index contributed by atoms with van der Waals surface area (Å²) in [6.45, 7) is 2.12. The van der Waals surface area contributed by atoms with E-state index in [-0.39, 0.29) is 6.04 Å². The molecule has 88 valence electrons. The van der Waals surface area contributed by atoms with Crippen LogP contribution >= 0.6 is 11.8 Å². The molecule has 0 aliphatic carbocycles. The molecule has 0 amide bonds. The third-order valence-electron chi connectivity index (χ3n) is 3.05. The van der Waals surface area contributed by atoms with Gasteiger partial charge in [0.2, 0.25) is 0 Å². The molecule has 2 nitrogen and oxygen atoms in total. The van der Waals surface area contributed by atoms with Crippen LogP contribution in [0.4, 0.5) is 0 Å². The number of phenols is 1. The lowest BCUT2D eigenvalue weighted by molar-refractivity contribution is 0.423. The predicted octanol–water partition coefficient (Wildman–Crippen LogP) is 2.94. The first kappa shape index (κ1) is 11.8. The van der Waals surface area contributed by atoms with E-state index in [1.807, 2.05) is 30.0 Å². The molecular formula is C13H19NOS. The molecule has 0 radical (unpaired) electrons. The summed E-state index contributed by atoms with van der Waals surface area (Å²) in [6, 6.07) is 8.40. The fourth-order valence-corrected chi connectivity index (χ4v) is 3.25. The molecule has 1 aromatic carbocycles. The van der Waals surface area contributed by atoms with E-state index in [4.69, 9.17) is 0 Å². The van der Waals surface area contributed by atoms with Crippen molar-refractivity contribution in [1.29, 1.82) is 0 Å². The highest BCUT2D eigenvalue weighted by Crippen LogP contribution is 2.25. The Bertz CT molecular complexity index is 336. The van der Waals surface area contributed by atoms with Crippen LogP contribution in [0.5, 0.6) is 5.75 Å². The van der Waals surface area contributed by atoms with E-state index in [1.54, 1.807) is 6.07 Å². The topological polar surface area (TPSA) is 32.3 Å². The van der Waals surface area contributed by atoms with Crippen LogP contribution in [-0.4, -0.2) is 22.7 Å². The third-order valence-corrected chi connectivity index (χ3v) is 4.26. The van der Waals surface area contributed by atoms with Gasteiger partial charge in [-0.25, -0.2) is 0 Å². The van der Waals surface area contributed by atoms with Crippen molar-refractivity contribution in [1.82, 2.24) is 5.32 Å². The van der Waals surface area contributed by atoms with Crippen LogP contribution in [0.2, 0.25) is 0 Å². The monoisotopic (exact) mass is 237 g/mol. The summed E-state index contributed by atoms with van der Waals surface area (Å²) >= 11 is 2.02. The maximum Gasteiger partial charge on any atom is 0.120 e. The predicted molar refractivity (Wildman–Crippen MR) is 70.0 cm³/mol. The molecule has 0 aromatic heterocycles. The first-order valence-corrected chi connectivity index (χ1v) is 7.04. The molecule has 0 spiro atoms. The molecule has 2 atom stereocenters. The van der Waals surface area contributed by atoms with Gasteiger partial charge in [-0.15, -0.1) is 0 Å². The van der Waals surface area contributed by atoms with Crippen molar-refractivity contribution >= 4 is 11.8 Å². The maximum atomic E-state index is 9.77. The smallest absolute Gasteiger partial charge is 0.120 e. The Labute approximate surface area is 101 Å². The van der Waals surface area contributed by atoms with Crippen LogP contribution in [0.25, 0.3) is 0 Å². The van der Waals surface area contributed by atoms with Gasteiger partial charge in [-0.3, -0.25) is 0 Å². The van der Waals surface area contributed by atoms with E-state index >= 15 is 0 Å². The van der Waals surface area contributed by atoms with E-state index in [9.17, 15) is 5.11 Å². The first-order chi connectivity index (χ1) is 7.77. The van der Waals surface area contributed by atoms with Crippen LogP contribution in [-0.2, 0) is 0 Å². The molecule has 2 rings (SSSR count). The van der Waals surface area contributed by atoms with E-state index < -0.39 is 0 Å². The van der Waals surface area contributed by atoms with Crippen LogP contribution in [0, 0.1) is 0 Å². The van der Waals surface area contributed by atoms with E-state index in [0.29, 0.717) is 11.8 Å². The van der Waals surface area contributed by atoms with Crippen molar-refractivity contribution in [2.45, 2.75) is 31.8 Å². The molecule has 16 heavy (non-hydrogen) atoms. The number of rotatable bonds is 3. The number of hydrogen-bond acceptors (Lipinski definition) is 3. The number of para-hydroxylation sites is 1. The average Bonchev–Trinajstić information content (AvgIpc) is 2.31. The molecular weight excluding hydrogens is 218 g/mol. The highest BCUT2D eigenvalue weighted by atomic mass is 32.2. The van der Waals surface area contributed by atoms with Crippen LogP contribution in [0.3, 0.4) is 0 Å². The Balaban J connectivity index is 1.96. The van der Waals surface area contributed by atoms with Gasteiger partial charge in [-0.2, -0.15) is 11.8 Å². The lowest BCUT2D eigenvalue weighted by Gasteiger charge is -2.26. The lowest BCUT2D eigenvalue weighted by Crippen LogP contribution is -2.35. The number of benzene rings is 1. The standard InChI is InChI=1S/C13H19NOS/c1-10(12-6-2-3-7-13(12)15)14-11-5-4-8-16-9-11/h2-3,6-7,10-11,14-15H,4-5,8-9H2,1H3. The van der Waals surface area contributed by atoms with Crippen molar-refractivity contribution in [3.8, 4) is 5.75 Å². The minimum atomic E-state index is 0.227. The average molecular weight is 237 g/mol. The van der Waals surface area contributed by atoms with Crippen molar-refractivity contribution in [3.63, 3.8) is 0 Å². The highest BCUT2D eigenvalue weighted by molar-refractivity contribution is 7.99. The highest BCUT2D eigenvalue weighted by Gasteiger charge is 2.17. The number of hydrogen-bond donors (Lipinski definition) is 2.